The van der Waals surface area contributed by atoms with Gasteiger partial charge in [-0.3, -0.25) is 4.79 Å². The molecule has 5 heteroatoms. The number of imidazole rings is 1. The molecule has 0 fully saturated rings. The van der Waals surface area contributed by atoms with Crippen molar-refractivity contribution in [2.24, 2.45) is 7.05 Å². The van der Waals surface area contributed by atoms with Crippen LogP contribution in [-0.2, 0) is 16.6 Å². The van der Waals surface area contributed by atoms with E-state index in [0.717, 1.165) is 17.0 Å². The first-order chi connectivity index (χ1) is 9.61. The summed E-state index contributed by atoms with van der Waals surface area (Å²) in [7, 11) is 3.41. The lowest BCUT2D eigenvalue weighted by Gasteiger charge is -2.19. The van der Waals surface area contributed by atoms with Crippen molar-refractivity contribution in [3.05, 3.63) is 53.6 Å². The van der Waals surface area contributed by atoms with Crippen LogP contribution in [0, 0.1) is 6.92 Å². The lowest BCUT2D eigenvalue weighted by molar-refractivity contribution is -0.125. The number of rotatable bonds is 5. The van der Waals surface area contributed by atoms with E-state index in [9.17, 15) is 4.79 Å². The highest BCUT2D eigenvalue weighted by atomic mass is 16.5. The molecule has 1 aromatic carbocycles. The molecule has 5 nitrogen and oxygen atoms in total. The minimum atomic E-state index is -0.280. The summed E-state index contributed by atoms with van der Waals surface area (Å²) in [6.07, 6.45) is 3.58. The number of benzene rings is 1. The zero-order valence-electron chi connectivity index (χ0n) is 12.0. The molecule has 1 unspecified atom stereocenters. The molecule has 0 aliphatic rings. The third-order valence-corrected chi connectivity index (χ3v) is 3.07. The Hall–Kier alpha value is -2.14. The molecule has 0 aliphatic heterocycles. The number of hydrogen-bond acceptors (Lipinski definition) is 3. The highest BCUT2D eigenvalue weighted by Gasteiger charge is 2.20. The van der Waals surface area contributed by atoms with Gasteiger partial charge in [0.15, 0.2) is 0 Å². The Morgan fingerprint density at radius 1 is 1.50 bits per heavy atom. The second kappa shape index (κ2) is 6.34. The number of aromatic nitrogens is 2. The maximum Gasteiger partial charge on any atom is 0.246 e. The molecular weight excluding hydrogens is 254 g/mol. The predicted octanol–water partition coefficient (Wildman–Crippen LogP) is 1.58. The van der Waals surface area contributed by atoms with Crippen LogP contribution in [-0.4, -0.2) is 29.2 Å². The summed E-state index contributed by atoms with van der Waals surface area (Å²) in [5.74, 6) is 0.627. The number of hydrogen-bond donors (Lipinski definition) is 1. The molecule has 1 heterocycles. The third kappa shape index (κ3) is 3.24. The normalized spacial score (nSPS) is 12.2. The van der Waals surface area contributed by atoms with Crippen molar-refractivity contribution in [3.8, 4) is 0 Å². The molecule has 1 aromatic heterocycles. The van der Waals surface area contributed by atoms with E-state index < -0.39 is 0 Å². The van der Waals surface area contributed by atoms with Crippen LogP contribution in [0.2, 0.25) is 0 Å². The zero-order valence-corrected chi connectivity index (χ0v) is 12.0. The largest absolute Gasteiger partial charge is 0.375 e. The van der Waals surface area contributed by atoms with Crippen molar-refractivity contribution in [2.75, 3.05) is 13.7 Å². The second-order valence-corrected chi connectivity index (χ2v) is 4.74. The lowest BCUT2D eigenvalue weighted by Crippen LogP contribution is -2.33. The lowest BCUT2D eigenvalue weighted by atomic mass is 10.0. The average molecular weight is 273 g/mol. The SMILES string of the molecule is COCC(=O)NC(c1cccc(C)c1)c1nccn1C. The Balaban J connectivity index is 2.34. The summed E-state index contributed by atoms with van der Waals surface area (Å²) < 4.78 is 6.78. The van der Waals surface area contributed by atoms with Gasteiger partial charge in [-0.1, -0.05) is 29.8 Å². The fourth-order valence-electron chi connectivity index (χ4n) is 2.14. The Labute approximate surface area is 118 Å². The first kappa shape index (κ1) is 14.3. The molecule has 0 bridgehead atoms. The van der Waals surface area contributed by atoms with Gasteiger partial charge in [0, 0.05) is 26.6 Å². The smallest absolute Gasteiger partial charge is 0.246 e. The fourth-order valence-corrected chi connectivity index (χ4v) is 2.14. The van der Waals surface area contributed by atoms with Gasteiger partial charge >= 0.3 is 0 Å². The highest BCUT2D eigenvalue weighted by Crippen LogP contribution is 2.21. The number of carbonyl (C=O) groups is 1. The van der Waals surface area contributed by atoms with Gasteiger partial charge in [0.05, 0.1) is 0 Å². The van der Waals surface area contributed by atoms with E-state index in [1.807, 2.05) is 49.0 Å². The van der Waals surface area contributed by atoms with Gasteiger partial charge in [0.2, 0.25) is 5.91 Å². The van der Waals surface area contributed by atoms with Crippen LogP contribution in [0.15, 0.2) is 36.7 Å². The maximum atomic E-state index is 11.8. The Kier molecular flexibility index (Phi) is 4.53. The monoisotopic (exact) mass is 273 g/mol. The van der Waals surface area contributed by atoms with E-state index in [0.29, 0.717) is 0 Å². The summed E-state index contributed by atoms with van der Waals surface area (Å²) >= 11 is 0. The molecule has 2 rings (SSSR count). The van der Waals surface area contributed by atoms with Gasteiger partial charge in [-0.15, -0.1) is 0 Å². The number of nitrogens with one attached hydrogen (secondary N) is 1. The number of ether oxygens (including phenoxy) is 1. The first-order valence-corrected chi connectivity index (χ1v) is 6.44. The molecule has 2 aromatic rings. The van der Waals surface area contributed by atoms with Crippen LogP contribution in [0.3, 0.4) is 0 Å². The van der Waals surface area contributed by atoms with Crippen molar-refractivity contribution in [2.45, 2.75) is 13.0 Å². The maximum absolute atomic E-state index is 11.8. The molecule has 0 spiro atoms. The van der Waals surface area contributed by atoms with Crippen molar-refractivity contribution in [3.63, 3.8) is 0 Å². The molecule has 0 saturated heterocycles. The summed E-state index contributed by atoms with van der Waals surface area (Å²) in [6, 6.07) is 7.75. The van der Waals surface area contributed by atoms with Crippen molar-refractivity contribution in [1.29, 1.82) is 0 Å². The quantitative estimate of drug-likeness (QED) is 0.900. The van der Waals surface area contributed by atoms with Gasteiger partial charge in [-0.2, -0.15) is 0 Å². The Morgan fingerprint density at radius 3 is 2.90 bits per heavy atom. The summed E-state index contributed by atoms with van der Waals surface area (Å²) in [5.41, 5.74) is 2.14. The van der Waals surface area contributed by atoms with Gasteiger partial charge < -0.3 is 14.6 Å². The van der Waals surface area contributed by atoms with Gasteiger partial charge in [-0.05, 0) is 12.5 Å². The molecule has 1 atom stereocenters. The van der Waals surface area contributed by atoms with Crippen LogP contribution in [0.1, 0.15) is 23.0 Å². The molecule has 0 radical (unpaired) electrons. The fraction of sp³-hybridized carbons (Fsp3) is 0.333. The van der Waals surface area contributed by atoms with Gasteiger partial charge in [-0.25, -0.2) is 4.98 Å². The van der Waals surface area contributed by atoms with Crippen molar-refractivity contribution in [1.82, 2.24) is 14.9 Å². The summed E-state index contributed by atoms with van der Waals surface area (Å²) in [4.78, 5) is 16.2. The van der Waals surface area contributed by atoms with E-state index in [4.69, 9.17) is 4.74 Å². The summed E-state index contributed by atoms with van der Waals surface area (Å²) in [6.45, 7) is 2.06. The van der Waals surface area contributed by atoms with Crippen LogP contribution in [0.25, 0.3) is 0 Å². The number of carbonyl (C=O) groups excluding carboxylic acids is 1. The molecular formula is C15H19N3O2. The van der Waals surface area contributed by atoms with E-state index in [2.05, 4.69) is 10.3 Å². The molecule has 20 heavy (non-hydrogen) atoms. The van der Waals surface area contributed by atoms with Crippen LogP contribution >= 0.6 is 0 Å². The van der Waals surface area contributed by atoms with Gasteiger partial charge in [0.25, 0.3) is 0 Å². The van der Waals surface area contributed by atoms with E-state index in [1.165, 1.54) is 7.11 Å². The number of nitrogens with zero attached hydrogens (tertiary/aromatic N) is 2. The number of methoxy groups -OCH3 is 1. The minimum Gasteiger partial charge on any atom is -0.375 e. The second-order valence-electron chi connectivity index (χ2n) is 4.74. The van der Waals surface area contributed by atoms with Crippen LogP contribution in [0.4, 0.5) is 0 Å². The van der Waals surface area contributed by atoms with E-state index in [1.54, 1.807) is 6.20 Å². The molecule has 1 amide bonds. The van der Waals surface area contributed by atoms with Gasteiger partial charge in [0.1, 0.15) is 18.5 Å². The first-order valence-electron chi connectivity index (χ1n) is 6.44. The van der Waals surface area contributed by atoms with E-state index >= 15 is 0 Å². The molecule has 106 valence electrons. The highest BCUT2D eigenvalue weighted by molar-refractivity contribution is 5.78. The average Bonchev–Trinajstić information content (AvgIpc) is 2.82. The Bertz CT molecular complexity index is 592. The topological polar surface area (TPSA) is 56.1 Å². The third-order valence-electron chi connectivity index (χ3n) is 3.07. The van der Waals surface area contributed by atoms with Crippen LogP contribution < -0.4 is 5.32 Å². The molecule has 1 N–H and O–H groups in total. The Morgan fingerprint density at radius 2 is 2.30 bits per heavy atom. The predicted molar refractivity (Wildman–Crippen MR) is 76.2 cm³/mol. The molecule has 0 saturated carbocycles. The summed E-state index contributed by atoms with van der Waals surface area (Å²) in [5, 5.41) is 2.96. The van der Waals surface area contributed by atoms with Crippen molar-refractivity contribution >= 4 is 5.91 Å². The number of aryl methyl sites for hydroxylation is 2. The number of amides is 1. The van der Waals surface area contributed by atoms with Crippen LogP contribution in [0.5, 0.6) is 0 Å². The van der Waals surface area contributed by atoms with Crippen molar-refractivity contribution < 1.29 is 9.53 Å². The van der Waals surface area contributed by atoms with E-state index in [-0.39, 0.29) is 18.6 Å². The molecule has 0 aliphatic carbocycles. The zero-order chi connectivity index (χ0) is 14.5. The minimum absolute atomic E-state index is 0.0345. The standard InChI is InChI=1S/C15H19N3O2/c1-11-5-4-6-12(9-11)14(17-13(19)10-20-3)15-16-7-8-18(15)2/h4-9,14H,10H2,1-3H3,(H,17,19).